The second-order valence-corrected chi connectivity index (χ2v) is 6.19. The van der Waals surface area contributed by atoms with Crippen LogP contribution in [0.1, 0.15) is 47.0 Å². The van der Waals surface area contributed by atoms with Crippen LogP contribution in [0.4, 0.5) is 4.79 Å². The van der Waals surface area contributed by atoms with Crippen LogP contribution in [-0.2, 0) is 9.53 Å². The zero-order valence-corrected chi connectivity index (χ0v) is 12.9. The highest BCUT2D eigenvalue weighted by molar-refractivity contribution is 5.77. The molecule has 20 heavy (non-hydrogen) atoms. The van der Waals surface area contributed by atoms with Crippen LogP contribution >= 0.6 is 0 Å². The van der Waals surface area contributed by atoms with Crippen molar-refractivity contribution >= 4 is 12.0 Å². The summed E-state index contributed by atoms with van der Waals surface area (Å²) < 4.78 is 5.23. The van der Waals surface area contributed by atoms with E-state index in [9.17, 15) is 9.59 Å². The van der Waals surface area contributed by atoms with E-state index in [0.717, 1.165) is 19.3 Å². The van der Waals surface area contributed by atoms with Crippen LogP contribution in [0.5, 0.6) is 0 Å². The number of hydrogen-bond acceptors (Lipinski definition) is 4. The van der Waals surface area contributed by atoms with E-state index in [4.69, 9.17) is 4.74 Å². The van der Waals surface area contributed by atoms with Crippen molar-refractivity contribution in [1.82, 2.24) is 16.0 Å². The average molecular weight is 285 g/mol. The van der Waals surface area contributed by atoms with E-state index in [0.29, 0.717) is 13.1 Å². The number of hydrogen-bond donors (Lipinski definition) is 3. The SMILES string of the molecule is CCNC(=O)CNC1CCC(NC(=O)OC(C)(C)C)C1. The van der Waals surface area contributed by atoms with Crippen LogP contribution in [0, 0.1) is 0 Å². The van der Waals surface area contributed by atoms with Crippen molar-refractivity contribution in [3.05, 3.63) is 0 Å². The Morgan fingerprint density at radius 1 is 1.20 bits per heavy atom. The van der Waals surface area contributed by atoms with Crippen LogP contribution < -0.4 is 16.0 Å². The molecule has 0 aromatic rings. The first-order valence-corrected chi connectivity index (χ1v) is 7.29. The summed E-state index contributed by atoms with van der Waals surface area (Å²) in [4.78, 5) is 23.0. The highest BCUT2D eigenvalue weighted by Gasteiger charge is 2.27. The molecule has 6 heteroatoms. The molecule has 2 atom stereocenters. The van der Waals surface area contributed by atoms with E-state index in [1.807, 2.05) is 27.7 Å². The van der Waals surface area contributed by atoms with Crippen molar-refractivity contribution in [3.63, 3.8) is 0 Å². The summed E-state index contributed by atoms with van der Waals surface area (Å²) in [6.07, 6.45) is 2.33. The lowest BCUT2D eigenvalue weighted by molar-refractivity contribution is -0.120. The Morgan fingerprint density at radius 3 is 2.45 bits per heavy atom. The van der Waals surface area contributed by atoms with E-state index in [1.54, 1.807) is 0 Å². The summed E-state index contributed by atoms with van der Waals surface area (Å²) in [5.74, 6) is 0.0102. The average Bonchev–Trinajstić information content (AvgIpc) is 2.71. The number of carbonyl (C=O) groups excluding carboxylic acids is 2. The predicted molar refractivity (Wildman–Crippen MR) is 77.5 cm³/mol. The Morgan fingerprint density at radius 2 is 1.85 bits per heavy atom. The number of nitrogens with one attached hydrogen (secondary N) is 3. The predicted octanol–water partition coefficient (Wildman–Crippen LogP) is 1.16. The van der Waals surface area contributed by atoms with Gasteiger partial charge in [0, 0.05) is 18.6 Å². The lowest BCUT2D eigenvalue weighted by Gasteiger charge is -2.21. The fourth-order valence-corrected chi connectivity index (χ4v) is 2.27. The van der Waals surface area contributed by atoms with Gasteiger partial charge >= 0.3 is 6.09 Å². The molecule has 0 bridgehead atoms. The third-order valence-electron chi connectivity index (χ3n) is 3.08. The Kier molecular flexibility index (Phi) is 6.26. The number of carbonyl (C=O) groups is 2. The van der Waals surface area contributed by atoms with Gasteiger partial charge in [-0.1, -0.05) is 0 Å². The molecule has 1 saturated carbocycles. The molecule has 0 spiro atoms. The summed E-state index contributed by atoms with van der Waals surface area (Å²) >= 11 is 0. The third kappa shape index (κ3) is 6.75. The maximum absolute atomic E-state index is 11.7. The van der Waals surface area contributed by atoms with Gasteiger partial charge in [-0.25, -0.2) is 4.79 Å². The van der Waals surface area contributed by atoms with Gasteiger partial charge in [0.1, 0.15) is 5.60 Å². The summed E-state index contributed by atoms with van der Waals surface area (Å²) in [7, 11) is 0. The van der Waals surface area contributed by atoms with Gasteiger partial charge in [0.25, 0.3) is 0 Å². The van der Waals surface area contributed by atoms with E-state index in [1.165, 1.54) is 0 Å². The number of amides is 2. The van der Waals surface area contributed by atoms with Crippen LogP contribution in [-0.4, -0.2) is 42.8 Å². The molecule has 1 fully saturated rings. The Hall–Kier alpha value is -1.30. The summed E-state index contributed by atoms with van der Waals surface area (Å²) in [5, 5.41) is 8.84. The minimum Gasteiger partial charge on any atom is -0.444 e. The highest BCUT2D eigenvalue weighted by Crippen LogP contribution is 2.19. The number of alkyl carbamates (subject to hydrolysis) is 1. The maximum atomic E-state index is 11.7. The molecule has 1 aliphatic carbocycles. The van der Waals surface area contributed by atoms with Gasteiger partial charge in [0.2, 0.25) is 5.91 Å². The molecule has 3 N–H and O–H groups in total. The van der Waals surface area contributed by atoms with Gasteiger partial charge in [0.05, 0.1) is 6.54 Å². The second-order valence-electron chi connectivity index (χ2n) is 6.19. The molecule has 0 aromatic carbocycles. The molecule has 0 saturated heterocycles. The minimum absolute atomic E-state index is 0.0102. The third-order valence-corrected chi connectivity index (χ3v) is 3.08. The Labute approximate surface area is 121 Å². The largest absolute Gasteiger partial charge is 0.444 e. The van der Waals surface area contributed by atoms with Crippen molar-refractivity contribution < 1.29 is 14.3 Å². The fraction of sp³-hybridized carbons (Fsp3) is 0.857. The second kappa shape index (κ2) is 7.47. The molecule has 0 radical (unpaired) electrons. The van der Waals surface area contributed by atoms with Gasteiger partial charge in [-0.15, -0.1) is 0 Å². The first kappa shape index (κ1) is 16.8. The van der Waals surface area contributed by atoms with Crippen molar-refractivity contribution in [3.8, 4) is 0 Å². The standard InChI is InChI=1S/C14H27N3O3/c1-5-15-12(18)9-16-10-6-7-11(8-10)17-13(19)20-14(2,3)4/h10-11,16H,5-9H2,1-4H3,(H,15,18)(H,17,19). The number of ether oxygens (including phenoxy) is 1. The topological polar surface area (TPSA) is 79.5 Å². The van der Waals surface area contributed by atoms with Gasteiger partial charge in [-0.3, -0.25) is 4.79 Å². The van der Waals surface area contributed by atoms with Crippen molar-refractivity contribution in [2.24, 2.45) is 0 Å². The molecular weight excluding hydrogens is 258 g/mol. The van der Waals surface area contributed by atoms with Crippen LogP contribution in [0.2, 0.25) is 0 Å². The first-order valence-electron chi connectivity index (χ1n) is 7.29. The molecule has 1 rings (SSSR count). The molecule has 0 aromatic heterocycles. The smallest absolute Gasteiger partial charge is 0.407 e. The van der Waals surface area contributed by atoms with Gasteiger partial charge in [0.15, 0.2) is 0 Å². The minimum atomic E-state index is -0.474. The van der Waals surface area contributed by atoms with E-state index >= 15 is 0 Å². The summed E-state index contributed by atoms with van der Waals surface area (Å²) in [6, 6.07) is 0.397. The number of rotatable bonds is 5. The van der Waals surface area contributed by atoms with Gasteiger partial charge < -0.3 is 20.7 Å². The van der Waals surface area contributed by atoms with Gasteiger partial charge in [-0.2, -0.15) is 0 Å². The highest BCUT2D eigenvalue weighted by atomic mass is 16.6. The molecule has 1 aliphatic rings. The zero-order chi connectivity index (χ0) is 15.2. The Balaban J connectivity index is 2.23. The quantitative estimate of drug-likeness (QED) is 0.708. The van der Waals surface area contributed by atoms with Crippen molar-refractivity contribution in [2.45, 2.75) is 64.6 Å². The fourth-order valence-electron chi connectivity index (χ4n) is 2.27. The molecule has 2 amide bonds. The van der Waals surface area contributed by atoms with E-state index < -0.39 is 5.60 Å². The molecule has 0 aliphatic heterocycles. The number of likely N-dealkylation sites (N-methyl/N-ethyl adjacent to an activating group) is 1. The summed E-state index contributed by atoms with van der Waals surface area (Å²) in [6.45, 7) is 8.41. The van der Waals surface area contributed by atoms with E-state index in [-0.39, 0.29) is 24.1 Å². The maximum Gasteiger partial charge on any atom is 0.407 e. The lowest BCUT2D eigenvalue weighted by Crippen LogP contribution is -2.40. The van der Waals surface area contributed by atoms with Crippen LogP contribution in [0.15, 0.2) is 0 Å². The molecule has 2 unspecified atom stereocenters. The molecular formula is C14H27N3O3. The van der Waals surface area contributed by atoms with Crippen LogP contribution in [0.3, 0.4) is 0 Å². The Bertz CT molecular complexity index is 339. The molecule has 6 nitrogen and oxygen atoms in total. The monoisotopic (exact) mass is 285 g/mol. The van der Waals surface area contributed by atoms with Crippen molar-refractivity contribution in [1.29, 1.82) is 0 Å². The zero-order valence-electron chi connectivity index (χ0n) is 12.9. The molecule has 116 valence electrons. The van der Waals surface area contributed by atoms with E-state index in [2.05, 4.69) is 16.0 Å². The van der Waals surface area contributed by atoms with Crippen molar-refractivity contribution in [2.75, 3.05) is 13.1 Å². The van der Waals surface area contributed by atoms with Crippen LogP contribution in [0.25, 0.3) is 0 Å². The first-order chi connectivity index (χ1) is 9.30. The lowest BCUT2D eigenvalue weighted by atomic mass is 10.2. The summed E-state index contributed by atoms with van der Waals surface area (Å²) in [5.41, 5.74) is -0.474. The molecule has 0 heterocycles. The normalized spacial score (nSPS) is 22.4. The van der Waals surface area contributed by atoms with Gasteiger partial charge in [-0.05, 0) is 47.0 Å².